The van der Waals surface area contributed by atoms with E-state index < -0.39 is 16.7 Å². The van der Waals surface area contributed by atoms with Gasteiger partial charge in [-0.05, 0) is 90.9 Å². The van der Waals surface area contributed by atoms with Crippen molar-refractivity contribution in [3.63, 3.8) is 0 Å². The number of carbonyl (C=O) groups excluding carboxylic acids is 3. The molecule has 0 aromatic carbocycles. The van der Waals surface area contributed by atoms with Crippen LogP contribution in [0.5, 0.6) is 0 Å². The Bertz CT molecular complexity index is 1100. The monoisotopic (exact) mass is 493 g/mol. The van der Waals surface area contributed by atoms with Crippen molar-refractivity contribution in [3.8, 4) is 6.07 Å². The van der Waals surface area contributed by atoms with Gasteiger partial charge >= 0.3 is 5.97 Å². The average molecular weight is 494 g/mol. The summed E-state index contributed by atoms with van der Waals surface area (Å²) in [5.74, 6) is -0.553. The van der Waals surface area contributed by atoms with E-state index in [9.17, 15) is 19.6 Å². The second kappa shape index (κ2) is 7.78. The molecule has 0 spiro atoms. The molecule has 0 aliphatic heterocycles. The fraction of sp³-hybridized carbons (Fsp3) is 0.806. The van der Waals surface area contributed by atoms with Crippen molar-refractivity contribution in [1.82, 2.24) is 0 Å². The van der Waals surface area contributed by atoms with Gasteiger partial charge in [-0.25, -0.2) is 0 Å². The van der Waals surface area contributed by atoms with E-state index >= 15 is 0 Å². The summed E-state index contributed by atoms with van der Waals surface area (Å²) in [6.45, 7) is 13.3. The molecule has 5 aliphatic rings. The lowest BCUT2D eigenvalue weighted by atomic mass is 9.33. The third-order valence-electron chi connectivity index (χ3n) is 12.7. The minimum absolute atomic E-state index is 0.0475. The summed E-state index contributed by atoms with van der Waals surface area (Å²) in [5, 5.41) is 9.90. The summed E-state index contributed by atoms with van der Waals surface area (Å²) >= 11 is 0. The van der Waals surface area contributed by atoms with Gasteiger partial charge in [0.1, 0.15) is 5.92 Å². The molecular formula is C31H43NO4. The molecule has 1 unspecified atom stereocenters. The van der Waals surface area contributed by atoms with Crippen molar-refractivity contribution < 1.29 is 19.1 Å². The summed E-state index contributed by atoms with van der Waals surface area (Å²) in [6, 6.07) is 2.30. The number of fused-ring (bicyclic) bond motifs is 7. The Labute approximate surface area is 216 Å². The van der Waals surface area contributed by atoms with Crippen LogP contribution in [0.25, 0.3) is 0 Å². The number of carbonyl (C=O) groups is 3. The first kappa shape index (κ1) is 25.7. The largest absolute Gasteiger partial charge is 0.469 e. The normalized spacial score (nSPS) is 49.4. The molecule has 5 heteroatoms. The first-order valence-electron chi connectivity index (χ1n) is 14.0. The Morgan fingerprint density at radius 2 is 1.72 bits per heavy atom. The minimum atomic E-state index is -0.650. The zero-order valence-electron chi connectivity index (χ0n) is 23.2. The molecule has 196 valence electrons. The molecule has 9 atom stereocenters. The van der Waals surface area contributed by atoms with Gasteiger partial charge in [0.25, 0.3) is 0 Å². The molecule has 0 aromatic rings. The number of esters is 1. The molecule has 0 heterocycles. The zero-order valence-corrected chi connectivity index (χ0v) is 23.2. The van der Waals surface area contributed by atoms with E-state index in [0.717, 1.165) is 44.9 Å². The van der Waals surface area contributed by atoms with Crippen molar-refractivity contribution in [3.05, 3.63) is 11.6 Å². The van der Waals surface area contributed by atoms with Crippen LogP contribution in [0.15, 0.2) is 11.6 Å². The van der Waals surface area contributed by atoms with Crippen molar-refractivity contribution >= 4 is 17.5 Å². The summed E-state index contributed by atoms with van der Waals surface area (Å²) in [5.41, 5.74) is -0.0217. The molecule has 4 saturated carbocycles. The SMILES string of the molecule is COC(=O)[C@H]1CC[C@]2(C)CC[C@]3(C)C(=CC(=O)[C@@H]4[C@@]5(C)CC(C#N)C(=O)C(C)(C)[C@@H]5CC[C@]43C)[C@@H]2C1. The molecule has 0 radical (unpaired) electrons. The number of ether oxygens (including phenoxy) is 1. The van der Waals surface area contributed by atoms with Crippen LogP contribution in [0, 0.1) is 68.0 Å². The lowest BCUT2D eigenvalue weighted by Gasteiger charge is -2.69. The fourth-order valence-corrected chi connectivity index (χ4v) is 10.5. The van der Waals surface area contributed by atoms with Gasteiger partial charge in [-0.15, -0.1) is 0 Å². The number of rotatable bonds is 1. The highest BCUT2D eigenvalue weighted by Gasteiger charge is 2.71. The highest BCUT2D eigenvalue weighted by atomic mass is 16.5. The first-order valence-corrected chi connectivity index (χ1v) is 14.0. The molecule has 0 N–H and O–H groups in total. The molecule has 5 aliphatic carbocycles. The van der Waals surface area contributed by atoms with E-state index in [2.05, 4.69) is 33.8 Å². The minimum Gasteiger partial charge on any atom is -0.469 e. The number of Topliss-reactive ketones (excluding diaryl/α,β-unsaturated/α-hetero) is 1. The number of hydrogen-bond donors (Lipinski definition) is 0. The quantitative estimate of drug-likeness (QED) is 0.414. The van der Waals surface area contributed by atoms with Gasteiger partial charge in [0.15, 0.2) is 11.6 Å². The van der Waals surface area contributed by atoms with Crippen molar-refractivity contribution in [1.29, 1.82) is 5.26 Å². The molecule has 4 fully saturated rings. The molecule has 36 heavy (non-hydrogen) atoms. The van der Waals surface area contributed by atoms with E-state index in [1.807, 2.05) is 19.9 Å². The predicted octanol–water partition coefficient (Wildman–Crippen LogP) is 6.07. The summed E-state index contributed by atoms with van der Waals surface area (Å²) < 4.78 is 5.13. The number of nitrogens with zero attached hydrogens (tertiary/aromatic N) is 1. The van der Waals surface area contributed by atoms with Crippen LogP contribution in [0.4, 0.5) is 0 Å². The van der Waals surface area contributed by atoms with Gasteiger partial charge in [0.2, 0.25) is 0 Å². The van der Waals surface area contributed by atoms with Gasteiger partial charge in [-0.3, -0.25) is 14.4 Å². The molecule has 0 saturated heterocycles. The second-order valence-corrected chi connectivity index (χ2v) is 14.5. The van der Waals surface area contributed by atoms with Crippen LogP contribution in [0.3, 0.4) is 0 Å². The summed E-state index contributed by atoms with van der Waals surface area (Å²) in [4.78, 5) is 40.1. The Hall–Kier alpha value is -1.96. The topological polar surface area (TPSA) is 84.2 Å². The number of hydrogen-bond acceptors (Lipinski definition) is 5. The van der Waals surface area contributed by atoms with Crippen LogP contribution in [-0.2, 0) is 19.1 Å². The van der Waals surface area contributed by atoms with Crippen LogP contribution in [0.2, 0.25) is 0 Å². The van der Waals surface area contributed by atoms with E-state index in [-0.39, 0.29) is 57.5 Å². The zero-order chi connectivity index (χ0) is 26.5. The molecule has 5 nitrogen and oxygen atoms in total. The van der Waals surface area contributed by atoms with Crippen LogP contribution < -0.4 is 0 Å². The Balaban J connectivity index is 1.62. The van der Waals surface area contributed by atoms with Crippen molar-refractivity contribution in [2.75, 3.05) is 7.11 Å². The lowest BCUT2D eigenvalue weighted by molar-refractivity contribution is -0.190. The standard InChI is InChI=1S/C31H43NO4/c1-27(2)23-9-11-31(6)24(29(23,4)16-19(17-32)25(27)34)22(33)15-21-20-14-18(26(35)36-7)8-10-28(20,3)12-13-30(21,31)5/h15,18-20,23-24H,8-14,16H2,1-7H3/t18-,19?,20-,23-,24+,28+,29-,30+,31+/m0/s1. The number of ketones is 2. The highest BCUT2D eigenvalue weighted by Crippen LogP contribution is 2.74. The summed E-state index contributed by atoms with van der Waals surface area (Å²) in [6.07, 6.45) is 9.02. The predicted molar refractivity (Wildman–Crippen MR) is 136 cm³/mol. The first-order chi connectivity index (χ1) is 16.7. The Morgan fingerprint density at radius 3 is 2.36 bits per heavy atom. The van der Waals surface area contributed by atoms with E-state index in [1.165, 1.54) is 12.7 Å². The van der Waals surface area contributed by atoms with Crippen molar-refractivity contribution in [2.24, 2.45) is 56.7 Å². The third-order valence-corrected chi connectivity index (χ3v) is 12.7. The average Bonchev–Trinajstić information content (AvgIpc) is 2.82. The molecule has 5 rings (SSSR count). The highest BCUT2D eigenvalue weighted by molar-refractivity contribution is 5.97. The van der Waals surface area contributed by atoms with Crippen molar-refractivity contribution in [2.45, 2.75) is 92.9 Å². The van der Waals surface area contributed by atoms with Gasteiger partial charge in [-0.1, -0.05) is 47.1 Å². The van der Waals surface area contributed by atoms with Gasteiger partial charge < -0.3 is 4.74 Å². The van der Waals surface area contributed by atoms with Gasteiger partial charge in [0.05, 0.1) is 19.1 Å². The molecule has 0 bridgehead atoms. The lowest BCUT2D eigenvalue weighted by Crippen LogP contribution is -2.67. The maximum absolute atomic E-state index is 14.3. The maximum atomic E-state index is 14.3. The number of nitriles is 1. The number of methoxy groups -OCH3 is 1. The number of allylic oxidation sites excluding steroid dienone is 2. The Morgan fingerprint density at radius 1 is 1.03 bits per heavy atom. The Kier molecular flexibility index (Phi) is 5.55. The second-order valence-electron chi connectivity index (χ2n) is 14.5. The molecule has 0 amide bonds. The van der Waals surface area contributed by atoms with Crippen LogP contribution in [-0.4, -0.2) is 24.6 Å². The van der Waals surface area contributed by atoms with Gasteiger partial charge in [-0.2, -0.15) is 5.26 Å². The van der Waals surface area contributed by atoms with Crippen LogP contribution in [0.1, 0.15) is 92.9 Å². The van der Waals surface area contributed by atoms with Gasteiger partial charge in [0, 0.05) is 11.3 Å². The molecular weight excluding hydrogens is 450 g/mol. The third kappa shape index (κ3) is 3.02. The molecule has 0 aromatic heterocycles. The maximum Gasteiger partial charge on any atom is 0.308 e. The van der Waals surface area contributed by atoms with E-state index in [0.29, 0.717) is 6.42 Å². The fourth-order valence-electron chi connectivity index (χ4n) is 10.5. The van der Waals surface area contributed by atoms with E-state index in [1.54, 1.807) is 0 Å². The van der Waals surface area contributed by atoms with E-state index in [4.69, 9.17) is 4.74 Å². The summed E-state index contributed by atoms with van der Waals surface area (Å²) in [7, 11) is 1.47. The smallest absolute Gasteiger partial charge is 0.308 e. The van der Waals surface area contributed by atoms with Crippen LogP contribution >= 0.6 is 0 Å².